The lowest BCUT2D eigenvalue weighted by atomic mass is 10.1. The Labute approximate surface area is 103 Å². The molecule has 4 nitrogen and oxygen atoms in total. The molecule has 0 aliphatic heterocycles. The fourth-order valence-electron chi connectivity index (χ4n) is 1.55. The first-order valence-electron chi connectivity index (χ1n) is 4.85. The average Bonchev–Trinajstić information content (AvgIpc) is 2.63. The van der Waals surface area contributed by atoms with Crippen molar-refractivity contribution >= 4 is 17.4 Å². The van der Waals surface area contributed by atoms with Gasteiger partial charge in [0.2, 0.25) is 0 Å². The molecule has 0 saturated carbocycles. The number of nitrogens with two attached hydrogens (primary N) is 1. The number of anilines is 1. The van der Waals surface area contributed by atoms with Crippen LogP contribution in [0.25, 0.3) is 11.1 Å². The van der Waals surface area contributed by atoms with Crippen molar-refractivity contribution in [3.8, 4) is 16.9 Å². The summed E-state index contributed by atoms with van der Waals surface area (Å²) in [6, 6.07) is 2.70. The van der Waals surface area contributed by atoms with Gasteiger partial charge in [-0.05, 0) is 6.07 Å². The molecule has 0 atom stereocenters. The molecule has 1 heterocycles. The van der Waals surface area contributed by atoms with Crippen LogP contribution in [-0.4, -0.2) is 16.9 Å². The number of benzene rings is 1. The molecule has 2 aromatic rings. The zero-order chi connectivity index (χ0) is 12.6. The monoisotopic (exact) mass is 255 g/mol. The summed E-state index contributed by atoms with van der Waals surface area (Å²) in [5, 5.41) is 4.28. The van der Waals surface area contributed by atoms with Gasteiger partial charge in [0.25, 0.3) is 0 Å². The highest BCUT2D eigenvalue weighted by atomic mass is 35.5. The Morgan fingerprint density at radius 3 is 2.65 bits per heavy atom. The molecule has 0 bridgehead atoms. The zero-order valence-corrected chi connectivity index (χ0v) is 10.1. The Bertz CT molecular complexity index is 568. The number of nitrogen functional groups attached to an aromatic ring is 1. The number of aromatic nitrogens is 2. The largest absolute Gasteiger partial charge is 0.495 e. The van der Waals surface area contributed by atoms with E-state index in [2.05, 4.69) is 5.10 Å². The van der Waals surface area contributed by atoms with Gasteiger partial charge >= 0.3 is 0 Å². The molecule has 0 fully saturated rings. The van der Waals surface area contributed by atoms with Crippen molar-refractivity contribution in [2.45, 2.75) is 0 Å². The van der Waals surface area contributed by atoms with Crippen LogP contribution in [0, 0.1) is 5.82 Å². The molecule has 0 radical (unpaired) electrons. The lowest BCUT2D eigenvalue weighted by Crippen LogP contribution is -1.98. The SMILES string of the molecule is COc1cc(F)c(-c2cnn(C)c2N)cc1Cl. The summed E-state index contributed by atoms with van der Waals surface area (Å²) in [5.41, 5.74) is 6.60. The van der Waals surface area contributed by atoms with Crippen LogP contribution in [0.4, 0.5) is 10.2 Å². The predicted molar refractivity (Wildman–Crippen MR) is 64.6 cm³/mol. The minimum Gasteiger partial charge on any atom is -0.495 e. The fourth-order valence-corrected chi connectivity index (χ4v) is 1.79. The van der Waals surface area contributed by atoms with Gasteiger partial charge in [-0.15, -0.1) is 0 Å². The number of nitrogens with zero attached hydrogens (tertiary/aromatic N) is 2. The van der Waals surface area contributed by atoms with Crippen molar-refractivity contribution in [1.29, 1.82) is 0 Å². The van der Waals surface area contributed by atoms with Crippen LogP contribution in [0.5, 0.6) is 5.75 Å². The van der Waals surface area contributed by atoms with Crippen molar-refractivity contribution in [3.05, 3.63) is 29.2 Å². The first kappa shape index (κ1) is 11.7. The van der Waals surface area contributed by atoms with E-state index < -0.39 is 5.82 Å². The number of hydrogen-bond donors (Lipinski definition) is 1. The molecule has 0 amide bonds. The molecule has 2 rings (SSSR count). The third-order valence-electron chi connectivity index (χ3n) is 2.52. The minimum atomic E-state index is -0.453. The second-order valence-corrected chi connectivity index (χ2v) is 3.94. The van der Waals surface area contributed by atoms with Crippen molar-refractivity contribution in [3.63, 3.8) is 0 Å². The van der Waals surface area contributed by atoms with Gasteiger partial charge in [-0.3, -0.25) is 4.68 Å². The maximum absolute atomic E-state index is 13.9. The van der Waals surface area contributed by atoms with E-state index in [9.17, 15) is 4.39 Å². The third-order valence-corrected chi connectivity index (χ3v) is 2.81. The molecule has 1 aromatic heterocycles. The van der Waals surface area contributed by atoms with E-state index in [1.165, 1.54) is 30.1 Å². The van der Waals surface area contributed by atoms with Gasteiger partial charge in [-0.1, -0.05) is 11.6 Å². The van der Waals surface area contributed by atoms with Crippen molar-refractivity contribution in [1.82, 2.24) is 9.78 Å². The number of ether oxygens (including phenoxy) is 1. The molecule has 17 heavy (non-hydrogen) atoms. The molecule has 0 aliphatic rings. The highest BCUT2D eigenvalue weighted by Gasteiger charge is 2.15. The molecule has 0 unspecified atom stereocenters. The number of hydrogen-bond acceptors (Lipinski definition) is 3. The highest BCUT2D eigenvalue weighted by Crippen LogP contribution is 2.34. The lowest BCUT2D eigenvalue weighted by Gasteiger charge is -2.07. The van der Waals surface area contributed by atoms with Crippen molar-refractivity contribution < 1.29 is 9.13 Å². The summed E-state index contributed by atoms with van der Waals surface area (Å²) in [6.45, 7) is 0. The highest BCUT2D eigenvalue weighted by molar-refractivity contribution is 6.32. The van der Waals surface area contributed by atoms with Gasteiger partial charge in [-0.2, -0.15) is 5.10 Å². The minimum absolute atomic E-state index is 0.287. The summed E-state index contributed by atoms with van der Waals surface area (Å²) in [5.74, 6) is 0.214. The molecular formula is C11H11ClFN3O. The first-order chi connectivity index (χ1) is 8.04. The van der Waals surface area contributed by atoms with E-state index in [0.29, 0.717) is 22.0 Å². The number of aryl methyl sites for hydroxylation is 1. The first-order valence-corrected chi connectivity index (χ1v) is 5.23. The maximum Gasteiger partial charge on any atom is 0.140 e. The van der Waals surface area contributed by atoms with Gasteiger partial charge in [0, 0.05) is 24.2 Å². The molecule has 6 heteroatoms. The lowest BCUT2D eigenvalue weighted by molar-refractivity contribution is 0.411. The van der Waals surface area contributed by atoms with Crippen LogP contribution >= 0.6 is 11.6 Å². The number of rotatable bonds is 2. The summed E-state index contributed by atoms with van der Waals surface area (Å²) in [6.07, 6.45) is 1.50. The molecule has 2 N–H and O–H groups in total. The van der Waals surface area contributed by atoms with E-state index in [4.69, 9.17) is 22.1 Å². The third kappa shape index (κ3) is 1.93. The van der Waals surface area contributed by atoms with Gasteiger partial charge in [0.15, 0.2) is 0 Å². The Hall–Kier alpha value is -1.75. The Morgan fingerprint density at radius 1 is 1.41 bits per heavy atom. The van der Waals surface area contributed by atoms with Gasteiger partial charge in [-0.25, -0.2) is 4.39 Å². The number of methoxy groups -OCH3 is 1. The number of halogens is 2. The van der Waals surface area contributed by atoms with E-state index >= 15 is 0 Å². The summed E-state index contributed by atoms with van der Waals surface area (Å²) in [7, 11) is 3.11. The second kappa shape index (κ2) is 4.25. The van der Waals surface area contributed by atoms with Crippen molar-refractivity contribution in [2.75, 3.05) is 12.8 Å². The van der Waals surface area contributed by atoms with Crippen LogP contribution < -0.4 is 10.5 Å². The normalized spacial score (nSPS) is 10.6. The fraction of sp³-hybridized carbons (Fsp3) is 0.182. The average molecular weight is 256 g/mol. The molecule has 90 valence electrons. The van der Waals surface area contributed by atoms with Crippen LogP contribution in [0.15, 0.2) is 18.3 Å². The van der Waals surface area contributed by atoms with Crippen LogP contribution in [0.3, 0.4) is 0 Å². The predicted octanol–water partition coefficient (Wildman–Crippen LogP) is 2.47. The summed E-state index contributed by atoms with van der Waals surface area (Å²) >= 11 is 5.95. The molecular weight excluding hydrogens is 245 g/mol. The molecule has 1 aromatic carbocycles. The Kier molecular flexibility index (Phi) is 2.93. The van der Waals surface area contributed by atoms with E-state index in [1.807, 2.05) is 0 Å². The molecule has 0 spiro atoms. The van der Waals surface area contributed by atoms with Crippen LogP contribution in [0.2, 0.25) is 5.02 Å². The second-order valence-electron chi connectivity index (χ2n) is 3.53. The van der Waals surface area contributed by atoms with Gasteiger partial charge in [0.1, 0.15) is 17.4 Å². The standard InChI is InChI=1S/C11H11ClFN3O/c1-16-11(14)7(5-15-16)6-3-8(12)10(17-2)4-9(6)13/h3-5H,14H2,1-2H3. The van der Waals surface area contributed by atoms with Gasteiger partial charge in [0.05, 0.1) is 18.3 Å². The Balaban J connectivity index is 2.60. The smallest absolute Gasteiger partial charge is 0.140 e. The summed E-state index contributed by atoms with van der Waals surface area (Å²) < 4.78 is 20.3. The van der Waals surface area contributed by atoms with Crippen LogP contribution in [0.1, 0.15) is 0 Å². The zero-order valence-electron chi connectivity index (χ0n) is 9.37. The van der Waals surface area contributed by atoms with Crippen molar-refractivity contribution in [2.24, 2.45) is 7.05 Å². The van der Waals surface area contributed by atoms with Gasteiger partial charge < -0.3 is 10.5 Å². The quantitative estimate of drug-likeness (QED) is 0.897. The summed E-state index contributed by atoms with van der Waals surface area (Å²) in [4.78, 5) is 0. The Morgan fingerprint density at radius 2 is 2.12 bits per heavy atom. The van der Waals surface area contributed by atoms with Crippen LogP contribution in [-0.2, 0) is 7.05 Å². The van der Waals surface area contributed by atoms with E-state index in [1.54, 1.807) is 7.05 Å². The molecule has 0 saturated heterocycles. The van der Waals surface area contributed by atoms with E-state index in [-0.39, 0.29) is 5.75 Å². The topological polar surface area (TPSA) is 53.1 Å². The maximum atomic E-state index is 13.9. The van der Waals surface area contributed by atoms with E-state index in [0.717, 1.165) is 0 Å². The molecule has 0 aliphatic carbocycles.